The first-order chi connectivity index (χ1) is 31.6. The number of aliphatic hydroxyl groups excluding tert-OH is 8. The van der Waals surface area contributed by atoms with Gasteiger partial charge in [-0.2, -0.15) is 0 Å². The van der Waals surface area contributed by atoms with Crippen molar-refractivity contribution in [2.75, 3.05) is 19.8 Å². The molecule has 0 spiro atoms. The Morgan fingerprint density at radius 1 is 0.554 bits per heavy atom. The second kappa shape index (κ2) is 37.9. The fourth-order valence-electron chi connectivity index (χ4n) is 8.09. The third-order valence-corrected chi connectivity index (χ3v) is 12.2. The van der Waals surface area contributed by atoms with Gasteiger partial charge in [0, 0.05) is 6.42 Å². The molecular weight excluding hydrogens is 835 g/mol. The predicted molar refractivity (Wildman–Crippen MR) is 254 cm³/mol. The van der Waals surface area contributed by atoms with E-state index in [1.165, 1.54) is 96.3 Å². The summed E-state index contributed by atoms with van der Waals surface area (Å²) in [5.41, 5.74) is 0. The summed E-state index contributed by atoms with van der Waals surface area (Å²) in [7, 11) is 0. The van der Waals surface area contributed by atoms with E-state index in [1.54, 1.807) is 6.08 Å². The first-order valence-electron chi connectivity index (χ1n) is 25.4. The summed E-state index contributed by atoms with van der Waals surface area (Å²) in [6, 6.07) is -0.936. The van der Waals surface area contributed by atoms with Gasteiger partial charge in [-0.25, -0.2) is 0 Å². The molecule has 65 heavy (non-hydrogen) atoms. The van der Waals surface area contributed by atoms with E-state index >= 15 is 0 Å². The molecule has 2 fully saturated rings. The van der Waals surface area contributed by atoms with E-state index in [9.17, 15) is 45.6 Å². The van der Waals surface area contributed by atoms with Crippen LogP contribution >= 0.6 is 0 Å². The van der Waals surface area contributed by atoms with Crippen molar-refractivity contribution in [3.8, 4) is 0 Å². The zero-order valence-electron chi connectivity index (χ0n) is 40.0. The van der Waals surface area contributed by atoms with Crippen molar-refractivity contribution in [3.05, 3.63) is 48.6 Å². The van der Waals surface area contributed by atoms with Crippen molar-refractivity contribution in [2.24, 2.45) is 0 Å². The minimum atomic E-state index is -1.79. The van der Waals surface area contributed by atoms with Crippen LogP contribution in [0.4, 0.5) is 0 Å². The molecule has 2 aliphatic heterocycles. The lowest BCUT2D eigenvalue weighted by Gasteiger charge is -2.46. The van der Waals surface area contributed by atoms with Gasteiger partial charge in [0.1, 0.15) is 48.8 Å². The van der Waals surface area contributed by atoms with Gasteiger partial charge in [0.05, 0.1) is 32.0 Å². The van der Waals surface area contributed by atoms with Crippen LogP contribution < -0.4 is 5.32 Å². The highest BCUT2D eigenvalue weighted by Gasteiger charge is 2.51. The van der Waals surface area contributed by atoms with E-state index in [0.29, 0.717) is 12.8 Å². The SMILES string of the molecule is CC/C=C/CC/C=C/CC/C=C/C(O)C(COC1OC(CO)C(OC2OC(CO)C(O)C(O)C2O)C(O)C1O)NC(=O)CCCCCCCCCCC/C=C\CCCCCCCCCC. The minimum absolute atomic E-state index is 0.260. The van der Waals surface area contributed by atoms with E-state index in [0.717, 1.165) is 44.9 Å². The van der Waals surface area contributed by atoms with Crippen LogP contribution in [0.15, 0.2) is 48.6 Å². The number of allylic oxidation sites excluding steroid dienone is 7. The number of hydrogen-bond donors (Lipinski definition) is 9. The number of carbonyl (C=O) groups is 1. The molecule has 2 rings (SSSR count). The maximum atomic E-state index is 13.1. The zero-order valence-corrected chi connectivity index (χ0v) is 40.0. The molecule has 0 aliphatic carbocycles. The Morgan fingerprint density at radius 3 is 1.58 bits per heavy atom. The molecule has 378 valence electrons. The molecule has 14 nitrogen and oxygen atoms in total. The van der Waals surface area contributed by atoms with Crippen LogP contribution in [-0.4, -0.2) is 140 Å². The molecule has 9 N–H and O–H groups in total. The van der Waals surface area contributed by atoms with E-state index in [-0.39, 0.29) is 18.9 Å². The normalized spacial score (nSPS) is 27.4. The van der Waals surface area contributed by atoms with Gasteiger partial charge in [-0.3, -0.25) is 4.79 Å². The number of unbranched alkanes of at least 4 members (excludes halogenated alkanes) is 19. The monoisotopic (exact) mass is 926 g/mol. The van der Waals surface area contributed by atoms with Crippen LogP contribution in [0, 0.1) is 0 Å². The van der Waals surface area contributed by atoms with Gasteiger partial charge in [0.2, 0.25) is 5.91 Å². The molecular formula is C51H91NO13. The van der Waals surface area contributed by atoms with Gasteiger partial charge in [0.25, 0.3) is 0 Å². The Labute approximate surface area is 391 Å². The third-order valence-electron chi connectivity index (χ3n) is 12.2. The summed E-state index contributed by atoms with van der Waals surface area (Å²) >= 11 is 0. The predicted octanol–water partition coefficient (Wildman–Crippen LogP) is 6.49. The number of hydrogen-bond acceptors (Lipinski definition) is 13. The quantitative estimate of drug-likeness (QED) is 0.0239. The number of nitrogens with one attached hydrogen (secondary N) is 1. The smallest absolute Gasteiger partial charge is 0.220 e. The molecule has 0 aromatic carbocycles. The van der Waals surface area contributed by atoms with Crippen molar-refractivity contribution in [3.63, 3.8) is 0 Å². The van der Waals surface area contributed by atoms with Gasteiger partial charge in [0.15, 0.2) is 12.6 Å². The van der Waals surface area contributed by atoms with Crippen molar-refractivity contribution in [2.45, 2.75) is 248 Å². The molecule has 0 aromatic heterocycles. The molecule has 0 radical (unpaired) electrons. The van der Waals surface area contributed by atoms with Crippen molar-refractivity contribution >= 4 is 5.91 Å². The summed E-state index contributed by atoms with van der Waals surface area (Å²) in [5, 5.41) is 86.5. The number of ether oxygens (including phenoxy) is 4. The molecule has 0 saturated carbocycles. The maximum absolute atomic E-state index is 13.1. The van der Waals surface area contributed by atoms with E-state index < -0.39 is 86.8 Å². The fourth-order valence-corrected chi connectivity index (χ4v) is 8.09. The largest absolute Gasteiger partial charge is 0.394 e. The fraction of sp³-hybridized carbons (Fsp3) is 0.824. The summed E-state index contributed by atoms with van der Waals surface area (Å²) < 4.78 is 22.6. The minimum Gasteiger partial charge on any atom is -0.394 e. The second-order valence-corrected chi connectivity index (χ2v) is 17.9. The highest BCUT2D eigenvalue weighted by Crippen LogP contribution is 2.30. The van der Waals surface area contributed by atoms with E-state index in [2.05, 4.69) is 55.6 Å². The second-order valence-electron chi connectivity index (χ2n) is 17.9. The van der Waals surface area contributed by atoms with Crippen molar-refractivity contribution in [1.82, 2.24) is 5.32 Å². The van der Waals surface area contributed by atoms with Gasteiger partial charge in [-0.05, 0) is 64.2 Å². The number of carbonyl (C=O) groups excluding carboxylic acids is 1. The molecule has 14 heteroatoms. The molecule has 2 heterocycles. The van der Waals surface area contributed by atoms with Gasteiger partial charge < -0.3 is 65.1 Å². The topological polar surface area (TPSA) is 228 Å². The summed E-state index contributed by atoms with van der Waals surface area (Å²) in [4.78, 5) is 13.1. The van der Waals surface area contributed by atoms with Crippen molar-refractivity contribution in [1.29, 1.82) is 0 Å². The molecule has 12 atom stereocenters. The molecule has 2 saturated heterocycles. The van der Waals surface area contributed by atoms with E-state index in [4.69, 9.17) is 18.9 Å². The number of aliphatic hydroxyl groups is 8. The lowest BCUT2D eigenvalue weighted by Crippen LogP contribution is -2.65. The lowest BCUT2D eigenvalue weighted by molar-refractivity contribution is -0.359. The van der Waals surface area contributed by atoms with Gasteiger partial charge >= 0.3 is 0 Å². The molecule has 0 bridgehead atoms. The Balaban J connectivity index is 1.80. The average Bonchev–Trinajstić information content (AvgIpc) is 3.30. The first-order valence-corrected chi connectivity index (χ1v) is 25.4. The van der Waals surface area contributed by atoms with Crippen LogP contribution in [0.5, 0.6) is 0 Å². The summed E-state index contributed by atoms with van der Waals surface area (Å²) in [6.07, 6.45) is 27.5. The summed E-state index contributed by atoms with van der Waals surface area (Å²) in [6.45, 7) is 2.62. The zero-order chi connectivity index (χ0) is 47.5. The lowest BCUT2D eigenvalue weighted by atomic mass is 9.97. The maximum Gasteiger partial charge on any atom is 0.220 e. The average molecular weight is 926 g/mol. The molecule has 0 aromatic rings. The Bertz CT molecular complexity index is 1280. The molecule has 12 unspecified atom stereocenters. The van der Waals surface area contributed by atoms with Crippen LogP contribution in [0.2, 0.25) is 0 Å². The van der Waals surface area contributed by atoms with Crippen LogP contribution in [0.1, 0.15) is 174 Å². The Kier molecular flexibility index (Phi) is 34.4. The standard InChI is InChI=1S/C51H91NO13/c1-3-5-7-9-11-13-15-16-17-18-19-20-21-22-23-24-25-27-29-31-33-35-43(56)52-39(40(55)34-32-30-28-26-14-12-10-8-6-4-2)38-62-50-48(61)46(59)49(42(37-54)64-50)65-51-47(60)45(58)44(57)41(36-53)63-51/h6,8,14,18-19,26,32,34,39-42,44-51,53-55,57-61H,3-5,7,9-13,15-17,20-25,27-31,33,35-38H2,1-2H3,(H,52,56)/b8-6+,19-18-,26-14+,34-32+. The third kappa shape index (κ3) is 25.2. The molecule has 1 amide bonds. The van der Waals surface area contributed by atoms with Crippen LogP contribution in [0.25, 0.3) is 0 Å². The highest BCUT2D eigenvalue weighted by molar-refractivity contribution is 5.76. The highest BCUT2D eigenvalue weighted by atomic mass is 16.7. The molecule has 2 aliphatic rings. The van der Waals surface area contributed by atoms with Crippen LogP contribution in [0.3, 0.4) is 0 Å². The van der Waals surface area contributed by atoms with Gasteiger partial charge in [-0.15, -0.1) is 0 Å². The van der Waals surface area contributed by atoms with E-state index in [1.807, 2.05) is 6.08 Å². The summed E-state index contributed by atoms with van der Waals surface area (Å²) in [5.74, 6) is -0.260. The van der Waals surface area contributed by atoms with Crippen LogP contribution in [-0.2, 0) is 23.7 Å². The first kappa shape index (κ1) is 59.1. The number of rotatable bonds is 38. The Hall–Kier alpha value is -2.05. The number of amides is 1. The Morgan fingerprint density at radius 2 is 1.03 bits per heavy atom. The van der Waals surface area contributed by atoms with Crippen molar-refractivity contribution < 1.29 is 64.6 Å². The van der Waals surface area contributed by atoms with Gasteiger partial charge in [-0.1, -0.05) is 152 Å².